The number of imide groups is 1. The van der Waals surface area contributed by atoms with E-state index in [0.717, 1.165) is 35.3 Å². The number of nitrogens with one attached hydrogen (secondary N) is 3. The number of carbonyl (C=O) groups is 5. The summed E-state index contributed by atoms with van der Waals surface area (Å²) in [5.41, 5.74) is 2.28. The number of hydrogen-bond acceptors (Lipinski definition) is 8. The quantitative estimate of drug-likeness (QED) is 0.187. The summed E-state index contributed by atoms with van der Waals surface area (Å²) in [5.74, 6) is -1.56. The summed E-state index contributed by atoms with van der Waals surface area (Å²) in [6, 6.07) is 16.3. The predicted octanol–water partition coefficient (Wildman–Crippen LogP) is 2.29. The first kappa shape index (κ1) is 40.6. The number of carbonyl (C=O) groups excluding carboxylic acids is 5. The molecule has 3 aromatic carbocycles. The number of fused-ring (bicyclic) bond motifs is 1. The van der Waals surface area contributed by atoms with Crippen molar-refractivity contribution in [2.45, 2.75) is 89.9 Å². The zero-order chi connectivity index (χ0) is 37.7. The maximum absolute atomic E-state index is 14.6. The van der Waals surface area contributed by atoms with E-state index in [1.165, 1.54) is 0 Å². The Morgan fingerprint density at radius 3 is 2.24 bits per heavy atom. The summed E-state index contributed by atoms with van der Waals surface area (Å²) in [4.78, 5) is 70.5. The Kier molecular flexibility index (Phi) is 13.3. The average Bonchev–Trinajstić information content (AvgIpc) is 3.32. The molecule has 0 bridgehead atoms. The molecule has 2 unspecified atom stereocenters. The van der Waals surface area contributed by atoms with Crippen LogP contribution in [0.5, 0.6) is 11.5 Å². The van der Waals surface area contributed by atoms with E-state index in [2.05, 4.69) is 16.0 Å². The minimum atomic E-state index is -1.38. The van der Waals surface area contributed by atoms with E-state index in [0.29, 0.717) is 54.5 Å². The molecule has 280 valence electrons. The molecule has 3 aromatic rings. The molecule has 6 rings (SSSR count). The summed E-state index contributed by atoms with van der Waals surface area (Å²) in [6.45, 7) is 6.54. The topological polar surface area (TPSA) is 169 Å². The monoisotopic (exact) mass is 747 g/mol. The third-order valence-corrected chi connectivity index (χ3v) is 10.2. The van der Waals surface area contributed by atoms with Gasteiger partial charge in [0.15, 0.2) is 11.5 Å². The van der Waals surface area contributed by atoms with Crippen LogP contribution in [-0.4, -0.2) is 64.4 Å². The summed E-state index contributed by atoms with van der Waals surface area (Å²) in [7, 11) is 0. The number of benzene rings is 3. The van der Waals surface area contributed by atoms with Gasteiger partial charge in [-0.05, 0) is 79.1 Å². The average molecular weight is 748 g/mol. The molecule has 3 N–H and O–H groups in total. The van der Waals surface area contributed by atoms with Gasteiger partial charge in [-0.25, -0.2) is 14.5 Å². The molecule has 1 aliphatic carbocycles. The van der Waals surface area contributed by atoms with Crippen LogP contribution < -0.4 is 60.1 Å². The van der Waals surface area contributed by atoms with Crippen LogP contribution in [0.3, 0.4) is 0 Å². The minimum absolute atomic E-state index is 0. The van der Waals surface area contributed by atoms with Gasteiger partial charge in [-0.15, -0.1) is 0 Å². The molecule has 0 radical (unpaired) electrons. The second-order valence-electron chi connectivity index (χ2n) is 14.4. The van der Waals surface area contributed by atoms with Crippen molar-refractivity contribution in [3.05, 3.63) is 83.4 Å². The number of nitrogens with zero attached hydrogens (tertiary/aromatic N) is 2. The van der Waals surface area contributed by atoms with Crippen molar-refractivity contribution < 1.29 is 68.1 Å². The number of para-hydroxylation sites is 1. The van der Waals surface area contributed by atoms with Crippen LogP contribution in [0.15, 0.2) is 66.7 Å². The summed E-state index contributed by atoms with van der Waals surface area (Å²) >= 11 is 0. The van der Waals surface area contributed by atoms with Gasteiger partial charge in [0.05, 0.1) is 6.04 Å². The van der Waals surface area contributed by atoms with Crippen LogP contribution in [0.4, 0.5) is 21.0 Å². The van der Waals surface area contributed by atoms with E-state index in [1.54, 1.807) is 47.4 Å². The Morgan fingerprint density at radius 1 is 0.889 bits per heavy atom. The minimum Gasteiger partial charge on any atom is -0.550 e. The van der Waals surface area contributed by atoms with Crippen LogP contribution in [0.2, 0.25) is 0 Å². The van der Waals surface area contributed by atoms with E-state index in [-0.39, 0.29) is 48.4 Å². The molecule has 2 fully saturated rings. The van der Waals surface area contributed by atoms with Gasteiger partial charge in [0, 0.05) is 30.3 Å². The van der Waals surface area contributed by atoms with Gasteiger partial charge < -0.3 is 40.2 Å². The largest absolute Gasteiger partial charge is 1.00 e. The summed E-state index contributed by atoms with van der Waals surface area (Å²) in [5, 5.41) is 20.4. The standard InChI is InChI=1S/C40H47N5O8.Na/c1-25(2)21-32(36(48)42-31(23-35(46)47)28-13-16-33-34(22-28)53-20-19-52-33)45-37(49)40(17-7-4-8-18-40)44(39(45)51)24-27-11-14-29(15-12-27)41-38(50)43-30-10-6-5-9-26(30)3;/h5-6,9-16,22,25,31-32H,4,7-8,17-21,23-24H2,1-3H3,(H,42,48)(H,46,47)(H2,41,43,50);/q;+1/p-1. The smallest absolute Gasteiger partial charge is 0.550 e. The van der Waals surface area contributed by atoms with Crippen molar-refractivity contribution in [1.29, 1.82) is 0 Å². The van der Waals surface area contributed by atoms with E-state index in [1.807, 2.05) is 45.0 Å². The van der Waals surface area contributed by atoms with E-state index in [9.17, 15) is 29.1 Å². The summed E-state index contributed by atoms with van der Waals surface area (Å²) < 4.78 is 11.3. The molecule has 1 saturated heterocycles. The number of anilines is 2. The number of carboxylic acid groups (broad SMARTS) is 1. The number of carboxylic acids is 1. The number of urea groups is 2. The molecule has 54 heavy (non-hydrogen) atoms. The van der Waals surface area contributed by atoms with Gasteiger partial charge in [0.2, 0.25) is 5.91 Å². The fourth-order valence-electron chi connectivity index (χ4n) is 7.47. The Morgan fingerprint density at radius 2 is 1.57 bits per heavy atom. The van der Waals surface area contributed by atoms with Crippen molar-refractivity contribution in [3.63, 3.8) is 0 Å². The molecule has 2 heterocycles. The molecular formula is C40H46N5NaO8. The van der Waals surface area contributed by atoms with Gasteiger partial charge in [0.25, 0.3) is 5.91 Å². The van der Waals surface area contributed by atoms with Crippen molar-refractivity contribution in [2.75, 3.05) is 23.8 Å². The fraction of sp³-hybridized carbons (Fsp3) is 0.425. The van der Waals surface area contributed by atoms with Crippen molar-refractivity contribution >= 4 is 41.2 Å². The first-order chi connectivity index (χ1) is 25.4. The second-order valence-corrected chi connectivity index (χ2v) is 14.4. The van der Waals surface area contributed by atoms with Crippen LogP contribution in [0, 0.1) is 12.8 Å². The van der Waals surface area contributed by atoms with E-state index in [4.69, 9.17) is 9.47 Å². The van der Waals surface area contributed by atoms with Crippen LogP contribution >= 0.6 is 0 Å². The molecule has 1 spiro atoms. The van der Waals surface area contributed by atoms with Gasteiger partial charge in [-0.2, -0.15) is 0 Å². The van der Waals surface area contributed by atoms with Gasteiger partial charge in [-0.1, -0.05) is 69.5 Å². The number of aliphatic carboxylic acids is 1. The van der Waals surface area contributed by atoms with Crippen molar-refractivity contribution in [3.8, 4) is 11.5 Å². The second kappa shape index (κ2) is 17.7. The molecule has 13 nitrogen and oxygen atoms in total. The number of amides is 6. The number of ether oxygens (including phenoxy) is 2. The Bertz CT molecular complexity index is 1860. The maximum atomic E-state index is 14.6. The van der Waals surface area contributed by atoms with E-state index < -0.39 is 53.9 Å². The molecule has 3 aliphatic rings. The van der Waals surface area contributed by atoms with Crippen LogP contribution in [0.1, 0.15) is 81.5 Å². The summed E-state index contributed by atoms with van der Waals surface area (Å²) in [6.07, 6.45) is 3.01. The Balaban J connectivity index is 0.00000561. The predicted molar refractivity (Wildman–Crippen MR) is 195 cm³/mol. The Labute approximate surface area is 337 Å². The molecule has 1 saturated carbocycles. The Hall–Kier alpha value is -4.59. The van der Waals surface area contributed by atoms with Gasteiger partial charge >= 0.3 is 41.6 Å². The zero-order valence-corrected chi connectivity index (χ0v) is 33.3. The normalized spacial score (nSPS) is 17.1. The van der Waals surface area contributed by atoms with Crippen molar-refractivity contribution in [2.24, 2.45) is 5.92 Å². The molecule has 2 aliphatic heterocycles. The maximum Gasteiger partial charge on any atom is 1.00 e. The third-order valence-electron chi connectivity index (χ3n) is 10.2. The van der Waals surface area contributed by atoms with Crippen LogP contribution in [0.25, 0.3) is 0 Å². The SMILES string of the molecule is Cc1ccccc1NC(=O)Nc1ccc(CN2C(=O)N(C(CC(C)C)C(=O)NC(CC(=O)[O-])c3ccc4c(c3)OCCO4)C(=O)C23CCCCC3)cc1.[Na+]. The third kappa shape index (κ3) is 9.02. The zero-order valence-electron chi connectivity index (χ0n) is 31.3. The van der Waals surface area contributed by atoms with Crippen LogP contribution in [-0.2, 0) is 20.9 Å². The van der Waals surface area contributed by atoms with Crippen molar-refractivity contribution in [1.82, 2.24) is 15.1 Å². The molecular weight excluding hydrogens is 701 g/mol. The first-order valence-electron chi connectivity index (χ1n) is 18.2. The van der Waals surface area contributed by atoms with Gasteiger partial charge in [-0.3, -0.25) is 9.59 Å². The fourth-order valence-corrected chi connectivity index (χ4v) is 7.47. The number of hydrogen-bond donors (Lipinski definition) is 3. The molecule has 14 heteroatoms. The molecule has 0 aromatic heterocycles. The number of aryl methyl sites for hydroxylation is 1. The molecule has 6 amide bonds. The van der Waals surface area contributed by atoms with Gasteiger partial charge in [0.1, 0.15) is 24.8 Å². The van der Waals surface area contributed by atoms with E-state index >= 15 is 0 Å². The number of rotatable bonds is 12. The molecule has 2 atom stereocenters. The first-order valence-corrected chi connectivity index (χ1v) is 18.2.